The highest BCUT2D eigenvalue weighted by atomic mass is 127. The zero-order valence-electron chi connectivity index (χ0n) is 13.3. The summed E-state index contributed by atoms with van der Waals surface area (Å²) in [6, 6.07) is 17.1. The van der Waals surface area contributed by atoms with E-state index in [4.69, 9.17) is 4.74 Å². The van der Waals surface area contributed by atoms with Gasteiger partial charge < -0.3 is 10.1 Å². The molecule has 0 aliphatic heterocycles. The van der Waals surface area contributed by atoms with Gasteiger partial charge in [0, 0.05) is 15.2 Å². The molecule has 5 heteroatoms. The maximum absolute atomic E-state index is 12.0. The second-order valence-electron chi connectivity index (χ2n) is 5.14. The molecular weight excluding hydrogens is 427 g/mol. The number of halogens is 1. The molecule has 0 unspecified atom stereocenters. The van der Waals surface area contributed by atoms with E-state index in [2.05, 4.69) is 44.7 Å². The quantitative estimate of drug-likeness (QED) is 0.496. The van der Waals surface area contributed by atoms with Crippen molar-refractivity contribution in [3.8, 4) is 17.6 Å². The number of ether oxygens (including phenoxy) is 1. The number of rotatable bonds is 4. The Balaban J connectivity index is 1.52. The Hall–Kier alpha value is -2.59. The predicted molar refractivity (Wildman–Crippen MR) is 107 cm³/mol. The number of hydrogen-bond donors (Lipinski definition) is 1. The average molecular weight is 442 g/mol. The highest BCUT2D eigenvalue weighted by Crippen LogP contribution is 2.22. The van der Waals surface area contributed by atoms with Crippen LogP contribution in [-0.2, 0) is 0 Å². The second-order valence-corrected chi connectivity index (χ2v) is 6.30. The first-order valence-electron chi connectivity index (χ1n) is 7.71. The van der Waals surface area contributed by atoms with Crippen molar-refractivity contribution in [2.24, 2.45) is 0 Å². The van der Waals surface area contributed by atoms with Gasteiger partial charge in [-0.2, -0.15) is 0 Å². The molecule has 25 heavy (non-hydrogen) atoms. The molecule has 1 amide bonds. The van der Waals surface area contributed by atoms with E-state index < -0.39 is 0 Å². The fourth-order valence-electron chi connectivity index (χ4n) is 2.29. The Morgan fingerprint density at radius 3 is 2.80 bits per heavy atom. The van der Waals surface area contributed by atoms with Crippen LogP contribution in [0.25, 0.3) is 10.9 Å². The lowest BCUT2D eigenvalue weighted by Crippen LogP contribution is -2.24. The number of aromatic nitrogens is 1. The number of benzene rings is 2. The Morgan fingerprint density at radius 1 is 1.08 bits per heavy atom. The van der Waals surface area contributed by atoms with Crippen molar-refractivity contribution in [1.29, 1.82) is 0 Å². The number of nitrogens with one attached hydrogen (secondary N) is 1. The molecule has 0 aliphatic rings. The van der Waals surface area contributed by atoms with E-state index in [-0.39, 0.29) is 19.1 Å². The normalized spacial score (nSPS) is 9.96. The van der Waals surface area contributed by atoms with Crippen LogP contribution < -0.4 is 10.1 Å². The van der Waals surface area contributed by atoms with Crippen LogP contribution >= 0.6 is 22.6 Å². The van der Waals surface area contributed by atoms with E-state index in [1.807, 2.05) is 48.5 Å². The van der Waals surface area contributed by atoms with Gasteiger partial charge in [-0.25, -0.2) is 0 Å². The minimum Gasteiger partial charge on any atom is -0.479 e. The van der Waals surface area contributed by atoms with Gasteiger partial charge >= 0.3 is 0 Å². The Labute approximate surface area is 159 Å². The number of hydrogen-bond acceptors (Lipinski definition) is 3. The minimum atomic E-state index is -0.126. The van der Waals surface area contributed by atoms with Gasteiger partial charge in [0.05, 0.1) is 12.1 Å². The number of amides is 1. The smallest absolute Gasteiger partial charge is 0.253 e. The minimum absolute atomic E-state index is 0.126. The predicted octanol–water partition coefficient (Wildman–Crippen LogP) is 3.65. The molecule has 1 N–H and O–H groups in total. The molecule has 4 nitrogen and oxygen atoms in total. The van der Waals surface area contributed by atoms with E-state index >= 15 is 0 Å². The molecule has 1 aromatic heterocycles. The van der Waals surface area contributed by atoms with Gasteiger partial charge in [-0.05, 0) is 46.9 Å². The van der Waals surface area contributed by atoms with Crippen LogP contribution in [0.15, 0.2) is 60.8 Å². The first kappa shape index (κ1) is 17.2. The summed E-state index contributed by atoms with van der Waals surface area (Å²) in [7, 11) is 0. The summed E-state index contributed by atoms with van der Waals surface area (Å²) in [5.74, 6) is 6.37. The molecule has 0 aliphatic carbocycles. The zero-order chi connectivity index (χ0) is 17.5. The SMILES string of the molecule is O=C(NCC#CCOc1cccc2cccnc12)c1ccccc1I. The highest BCUT2D eigenvalue weighted by molar-refractivity contribution is 14.1. The molecule has 3 rings (SSSR count). The lowest BCUT2D eigenvalue weighted by atomic mass is 10.2. The highest BCUT2D eigenvalue weighted by Gasteiger charge is 2.07. The van der Waals surface area contributed by atoms with Crippen LogP contribution in [0.4, 0.5) is 0 Å². The number of carbonyl (C=O) groups excluding carboxylic acids is 1. The van der Waals surface area contributed by atoms with Crippen molar-refractivity contribution in [1.82, 2.24) is 10.3 Å². The van der Waals surface area contributed by atoms with E-state index in [1.54, 1.807) is 12.3 Å². The van der Waals surface area contributed by atoms with E-state index in [1.165, 1.54) is 0 Å². The summed E-state index contributed by atoms with van der Waals surface area (Å²) in [5.41, 5.74) is 1.47. The topological polar surface area (TPSA) is 51.2 Å². The molecule has 3 aromatic rings. The fourth-order valence-corrected chi connectivity index (χ4v) is 2.92. The summed E-state index contributed by atoms with van der Waals surface area (Å²) in [6.45, 7) is 0.523. The third-order valence-electron chi connectivity index (χ3n) is 3.48. The maximum Gasteiger partial charge on any atom is 0.253 e. The summed E-state index contributed by atoms with van der Waals surface area (Å²) in [5, 5.41) is 3.81. The molecule has 0 saturated carbocycles. The van der Waals surface area contributed by atoms with Crippen molar-refractivity contribution < 1.29 is 9.53 Å². The molecule has 0 atom stereocenters. The van der Waals surface area contributed by atoms with Crippen molar-refractivity contribution in [3.05, 3.63) is 69.9 Å². The van der Waals surface area contributed by atoms with Gasteiger partial charge in [-0.1, -0.05) is 42.2 Å². The maximum atomic E-state index is 12.0. The van der Waals surface area contributed by atoms with Crippen LogP contribution in [0, 0.1) is 15.4 Å². The van der Waals surface area contributed by atoms with E-state index in [0.29, 0.717) is 11.3 Å². The van der Waals surface area contributed by atoms with Gasteiger partial charge in [0.25, 0.3) is 5.91 Å². The lowest BCUT2D eigenvalue weighted by molar-refractivity contribution is 0.0958. The van der Waals surface area contributed by atoms with E-state index in [9.17, 15) is 4.79 Å². The van der Waals surface area contributed by atoms with Gasteiger partial charge in [0.15, 0.2) is 0 Å². The number of pyridine rings is 1. The molecule has 1 heterocycles. The molecule has 0 radical (unpaired) electrons. The molecule has 124 valence electrons. The Kier molecular flexibility index (Phi) is 5.86. The van der Waals surface area contributed by atoms with Gasteiger partial charge in [0.1, 0.15) is 17.9 Å². The van der Waals surface area contributed by atoms with Crippen molar-refractivity contribution in [3.63, 3.8) is 0 Å². The van der Waals surface area contributed by atoms with Crippen LogP contribution in [0.5, 0.6) is 5.75 Å². The Bertz CT molecular complexity index is 955. The first-order chi connectivity index (χ1) is 12.3. The number of carbonyl (C=O) groups is 1. The third-order valence-corrected chi connectivity index (χ3v) is 4.42. The average Bonchev–Trinajstić information content (AvgIpc) is 2.65. The number of para-hydroxylation sites is 1. The monoisotopic (exact) mass is 442 g/mol. The largest absolute Gasteiger partial charge is 0.479 e. The number of fused-ring (bicyclic) bond motifs is 1. The summed E-state index contributed by atoms with van der Waals surface area (Å²) >= 11 is 2.14. The summed E-state index contributed by atoms with van der Waals surface area (Å²) in [4.78, 5) is 16.4. The molecule has 0 fully saturated rings. The third kappa shape index (κ3) is 4.48. The molecule has 0 saturated heterocycles. The lowest BCUT2D eigenvalue weighted by Gasteiger charge is -2.05. The van der Waals surface area contributed by atoms with Crippen LogP contribution in [0.2, 0.25) is 0 Å². The number of nitrogens with zero attached hydrogens (tertiary/aromatic N) is 1. The van der Waals surface area contributed by atoms with Gasteiger partial charge in [0.2, 0.25) is 0 Å². The molecule has 2 aromatic carbocycles. The summed E-state index contributed by atoms with van der Waals surface area (Å²) in [6.07, 6.45) is 1.74. The van der Waals surface area contributed by atoms with Crippen molar-refractivity contribution in [2.75, 3.05) is 13.2 Å². The second kappa shape index (κ2) is 8.49. The van der Waals surface area contributed by atoms with Crippen LogP contribution in [0.1, 0.15) is 10.4 Å². The molecular formula is C20H15IN2O2. The fraction of sp³-hybridized carbons (Fsp3) is 0.100. The molecule has 0 bridgehead atoms. The van der Waals surface area contributed by atoms with Crippen LogP contribution in [-0.4, -0.2) is 24.0 Å². The van der Waals surface area contributed by atoms with Crippen LogP contribution in [0.3, 0.4) is 0 Å². The van der Waals surface area contributed by atoms with E-state index in [0.717, 1.165) is 14.5 Å². The standard InChI is InChI=1S/C20H15IN2O2/c21-17-10-2-1-9-16(17)20(24)23-12-3-4-14-25-18-11-5-7-15-8-6-13-22-19(15)18/h1-2,5-11,13H,12,14H2,(H,23,24). The molecule has 0 spiro atoms. The first-order valence-corrected chi connectivity index (χ1v) is 8.78. The van der Waals surface area contributed by atoms with Gasteiger partial charge in [-0.3, -0.25) is 9.78 Å². The van der Waals surface area contributed by atoms with Gasteiger partial charge in [-0.15, -0.1) is 0 Å². The van der Waals surface area contributed by atoms with Crippen molar-refractivity contribution >= 4 is 39.4 Å². The Morgan fingerprint density at radius 2 is 1.92 bits per heavy atom. The zero-order valence-corrected chi connectivity index (χ0v) is 15.5. The van der Waals surface area contributed by atoms with Crippen molar-refractivity contribution in [2.45, 2.75) is 0 Å². The summed E-state index contributed by atoms with van der Waals surface area (Å²) < 4.78 is 6.59.